The molecule has 0 heterocycles. The normalized spacial score (nSPS) is 10.8. The van der Waals surface area contributed by atoms with Gasteiger partial charge in [-0.05, 0) is 127 Å². The van der Waals surface area contributed by atoms with Crippen LogP contribution in [-0.4, -0.2) is 0 Å². The zero-order valence-electron chi connectivity index (χ0n) is 30.0. The lowest BCUT2D eigenvalue weighted by Gasteiger charge is -2.29. The molecule has 0 fully saturated rings. The Labute approximate surface area is 309 Å². The molecule has 0 unspecified atom stereocenters. The summed E-state index contributed by atoms with van der Waals surface area (Å²) in [4.78, 5) is 4.67. The van der Waals surface area contributed by atoms with Gasteiger partial charge in [-0.25, -0.2) is 0 Å². The van der Waals surface area contributed by atoms with Crippen LogP contribution < -0.4 is 9.80 Å². The predicted octanol–water partition coefficient (Wildman–Crippen LogP) is 13.9. The van der Waals surface area contributed by atoms with Crippen LogP contribution in [0.3, 0.4) is 0 Å². The Morgan fingerprint density at radius 3 is 1.08 bits per heavy atom. The van der Waals surface area contributed by atoms with Crippen molar-refractivity contribution < 1.29 is 0 Å². The van der Waals surface area contributed by atoms with Crippen molar-refractivity contribution in [1.82, 2.24) is 0 Å². The first-order valence-electron chi connectivity index (χ1n) is 17.9. The highest BCUT2D eigenvalue weighted by Crippen LogP contribution is 2.40. The fourth-order valence-corrected chi connectivity index (χ4v) is 6.71. The summed E-state index contributed by atoms with van der Waals surface area (Å²) in [6.07, 6.45) is 1.74. The Kier molecular flexibility index (Phi) is 10.3. The van der Waals surface area contributed by atoms with Crippen LogP contribution in [0.1, 0.15) is 47.2 Å². The standard InChI is InChI=1S/C50H44N2/c1-37(2)43-16-11-14-41(34-43)32-39-24-28-47(29-25-39)51(45-18-7-5-8-19-45)49-22-13-23-50(36-49)52(46-20-9-6-10-21-46)48-30-26-40(27-31-48)33-42-15-12-17-44(35-42)38(3)4/h5-31,34-36H,1,3,32-33H2,2,4H3. The maximum Gasteiger partial charge on any atom is 0.0482 e. The molecule has 0 N–H and O–H groups in total. The molecule has 7 rings (SSSR count). The first-order valence-corrected chi connectivity index (χ1v) is 17.9. The summed E-state index contributed by atoms with van der Waals surface area (Å²) in [5.41, 5.74) is 16.2. The van der Waals surface area contributed by atoms with Gasteiger partial charge < -0.3 is 9.80 Å². The van der Waals surface area contributed by atoms with Crippen LogP contribution in [0.25, 0.3) is 11.1 Å². The number of benzene rings is 7. The number of para-hydroxylation sites is 2. The molecule has 2 heteroatoms. The van der Waals surface area contributed by atoms with E-state index in [0.717, 1.165) is 58.1 Å². The summed E-state index contributed by atoms with van der Waals surface area (Å²) in [5.74, 6) is 0. The molecule has 2 nitrogen and oxygen atoms in total. The lowest BCUT2D eigenvalue weighted by molar-refractivity contribution is 1.18. The molecule has 52 heavy (non-hydrogen) atoms. The van der Waals surface area contributed by atoms with Gasteiger partial charge in [0.1, 0.15) is 0 Å². The molecular formula is C50H44N2. The molecule has 0 atom stereocenters. The van der Waals surface area contributed by atoms with Gasteiger partial charge in [0.15, 0.2) is 0 Å². The average Bonchev–Trinajstić information content (AvgIpc) is 3.18. The van der Waals surface area contributed by atoms with Gasteiger partial charge in [0.05, 0.1) is 0 Å². The van der Waals surface area contributed by atoms with E-state index in [0.29, 0.717) is 0 Å². The number of rotatable bonds is 12. The molecule has 0 radical (unpaired) electrons. The van der Waals surface area contributed by atoms with Crippen molar-refractivity contribution in [2.75, 3.05) is 9.80 Å². The van der Waals surface area contributed by atoms with Crippen molar-refractivity contribution in [3.05, 3.63) is 229 Å². The lowest BCUT2D eigenvalue weighted by Crippen LogP contribution is -2.13. The van der Waals surface area contributed by atoms with Gasteiger partial charge in [0, 0.05) is 34.1 Å². The Hall–Kier alpha value is -6.38. The molecule has 254 valence electrons. The van der Waals surface area contributed by atoms with E-state index < -0.39 is 0 Å². The van der Waals surface area contributed by atoms with E-state index >= 15 is 0 Å². The van der Waals surface area contributed by atoms with Crippen LogP contribution in [0, 0.1) is 0 Å². The lowest BCUT2D eigenvalue weighted by atomic mass is 10.00. The van der Waals surface area contributed by atoms with Gasteiger partial charge >= 0.3 is 0 Å². The van der Waals surface area contributed by atoms with Crippen molar-refractivity contribution in [3.8, 4) is 0 Å². The molecule has 0 saturated heterocycles. The smallest absolute Gasteiger partial charge is 0.0482 e. The van der Waals surface area contributed by atoms with Crippen LogP contribution in [-0.2, 0) is 12.8 Å². The maximum absolute atomic E-state index is 4.13. The van der Waals surface area contributed by atoms with E-state index in [9.17, 15) is 0 Å². The van der Waals surface area contributed by atoms with E-state index in [1.165, 1.54) is 33.4 Å². The zero-order valence-corrected chi connectivity index (χ0v) is 30.0. The third kappa shape index (κ3) is 7.98. The number of hydrogen-bond acceptors (Lipinski definition) is 2. The quantitative estimate of drug-likeness (QED) is 0.127. The van der Waals surface area contributed by atoms with E-state index in [1.807, 2.05) is 0 Å². The SMILES string of the molecule is C=C(C)c1cccc(Cc2ccc(N(c3ccccc3)c3cccc(N(c4ccccc4)c4ccc(Cc5cccc(C(=C)C)c5)cc4)c3)cc2)c1. The molecular weight excluding hydrogens is 629 g/mol. The van der Waals surface area contributed by atoms with Crippen LogP contribution in [0.5, 0.6) is 0 Å². The van der Waals surface area contributed by atoms with Gasteiger partial charge in [0.2, 0.25) is 0 Å². The van der Waals surface area contributed by atoms with E-state index in [4.69, 9.17) is 0 Å². The Morgan fingerprint density at radius 1 is 0.346 bits per heavy atom. The Bertz CT molecular complexity index is 2120. The topological polar surface area (TPSA) is 6.48 Å². The molecule has 0 saturated carbocycles. The molecule has 0 aliphatic carbocycles. The highest BCUT2D eigenvalue weighted by molar-refractivity contribution is 5.83. The number of nitrogens with zero attached hydrogens (tertiary/aromatic N) is 2. The second-order valence-electron chi connectivity index (χ2n) is 13.5. The molecule has 7 aromatic rings. The number of hydrogen-bond donors (Lipinski definition) is 0. The summed E-state index contributed by atoms with van der Waals surface area (Å²) in [7, 11) is 0. The number of anilines is 6. The minimum Gasteiger partial charge on any atom is -0.310 e. The van der Waals surface area contributed by atoms with E-state index in [2.05, 4.69) is 219 Å². The second-order valence-corrected chi connectivity index (χ2v) is 13.5. The van der Waals surface area contributed by atoms with E-state index in [1.54, 1.807) is 0 Å². The average molecular weight is 673 g/mol. The summed E-state index contributed by atoms with van der Waals surface area (Å²) < 4.78 is 0. The molecule has 0 bridgehead atoms. The highest BCUT2D eigenvalue weighted by Gasteiger charge is 2.17. The largest absolute Gasteiger partial charge is 0.310 e. The maximum atomic E-state index is 4.13. The molecule has 0 aliphatic heterocycles. The van der Waals surface area contributed by atoms with Gasteiger partial charge in [-0.15, -0.1) is 0 Å². The highest BCUT2D eigenvalue weighted by atomic mass is 15.2. The van der Waals surface area contributed by atoms with Gasteiger partial charge in [-0.1, -0.05) is 140 Å². The predicted molar refractivity (Wildman–Crippen MR) is 224 cm³/mol. The molecule has 0 aromatic heterocycles. The number of allylic oxidation sites excluding steroid dienone is 2. The monoisotopic (exact) mass is 672 g/mol. The summed E-state index contributed by atoms with van der Waals surface area (Å²) in [5, 5.41) is 0. The summed E-state index contributed by atoms with van der Waals surface area (Å²) >= 11 is 0. The zero-order chi connectivity index (χ0) is 35.9. The van der Waals surface area contributed by atoms with Crippen molar-refractivity contribution in [3.63, 3.8) is 0 Å². The van der Waals surface area contributed by atoms with Gasteiger partial charge in [0.25, 0.3) is 0 Å². The molecule has 7 aromatic carbocycles. The van der Waals surface area contributed by atoms with E-state index in [-0.39, 0.29) is 0 Å². The van der Waals surface area contributed by atoms with Crippen molar-refractivity contribution in [1.29, 1.82) is 0 Å². The fourth-order valence-electron chi connectivity index (χ4n) is 6.71. The first kappa shape index (κ1) is 34.1. The third-order valence-electron chi connectivity index (χ3n) is 9.42. The summed E-state index contributed by atoms with van der Waals surface area (Å²) in [6.45, 7) is 12.4. The van der Waals surface area contributed by atoms with Crippen LogP contribution >= 0.6 is 0 Å². The second kappa shape index (κ2) is 15.7. The fraction of sp³-hybridized carbons (Fsp3) is 0.0800. The molecule has 0 aliphatic rings. The molecule has 0 amide bonds. The van der Waals surface area contributed by atoms with Gasteiger partial charge in [-0.3, -0.25) is 0 Å². The first-order chi connectivity index (χ1) is 25.4. The summed E-state index contributed by atoms with van der Waals surface area (Å²) in [6, 6.07) is 65.3. The van der Waals surface area contributed by atoms with Crippen molar-refractivity contribution >= 4 is 45.3 Å². The minimum atomic E-state index is 0.869. The van der Waals surface area contributed by atoms with Crippen LogP contribution in [0.4, 0.5) is 34.1 Å². The molecule has 0 spiro atoms. The van der Waals surface area contributed by atoms with Crippen LogP contribution in [0.2, 0.25) is 0 Å². The van der Waals surface area contributed by atoms with Crippen molar-refractivity contribution in [2.24, 2.45) is 0 Å². The van der Waals surface area contributed by atoms with Gasteiger partial charge in [-0.2, -0.15) is 0 Å². The Morgan fingerprint density at radius 2 is 0.692 bits per heavy atom. The third-order valence-corrected chi connectivity index (χ3v) is 9.42. The van der Waals surface area contributed by atoms with Crippen LogP contribution in [0.15, 0.2) is 195 Å². The minimum absolute atomic E-state index is 0.869. The Balaban J connectivity index is 1.21. The van der Waals surface area contributed by atoms with Crippen molar-refractivity contribution in [2.45, 2.75) is 26.7 Å².